The fraction of sp³-hybridized carbons (Fsp3) is 0.333. The first-order valence-electron chi connectivity index (χ1n) is 9.62. The van der Waals surface area contributed by atoms with Gasteiger partial charge in [0.25, 0.3) is 0 Å². The predicted octanol–water partition coefficient (Wildman–Crippen LogP) is 2.86. The molecule has 2 N–H and O–H groups in total. The number of rotatable bonds is 5. The Balaban J connectivity index is 1.65. The lowest BCUT2D eigenvalue weighted by atomic mass is 10.2. The molecule has 1 heterocycles. The van der Waals surface area contributed by atoms with E-state index in [9.17, 15) is 18.0 Å². The minimum absolute atomic E-state index is 0.0614. The van der Waals surface area contributed by atoms with Gasteiger partial charge in [0.05, 0.1) is 4.90 Å². The Morgan fingerprint density at radius 1 is 1.13 bits per heavy atom. The molecule has 0 saturated carbocycles. The van der Waals surface area contributed by atoms with Crippen LogP contribution in [0.3, 0.4) is 0 Å². The second kappa shape index (κ2) is 9.16. The number of hydrogen-bond acceptors (Lipinski definition) is 4. The number of carbonyl (C=O) groups excluding carboxylic acids is 2. The second-order valence-corrected chi connectivity index (χ2v) is 9.65. The number of nitrogens with zero attached hydrogens (tertiary/aromatic N) is 1. The van der Waals surface area contributed by atoms with Crippen LogP contribution in [0.4, 0.5) is 5.69 Å². The van der Waals surface area contributed by atoms with Gasteiger partial charge < -0.3 is 10.6 Å². The van der Waals surface area contributed by atoms with Gasteiger partial charge in [-0.3, -0.25) is 9.59 Å². The van der Waals surface area contributed by atoms with Crippen LogP contribution in [0.2, 0.25) is 5.02 Å². The minimum atomic E-state index is -3.70. The Labute approximate surface area is 181 Å². The molecule has 3 rings (SSSR count). The first-order chi connectivity index (χ1) is 14.2. The summed E-state index contributed by atoms with van der Waals surface area (Å²) in [5.41, 5.74) is 1.94. The van der Waals surface area contributed by atoms with Crippen LogP contribution in [0.15, 0.2) is 47.4 Å². The summed E-state index contributed by atoms with van der Waals surface area (Å²) >= 11 is 5.87. The van der Waals surface area contributed by atoms with Gasteiger partial charge >= 0.3 is 11.8 Å². The molecule has 1 atom stereocenters. The largest absolute Gasteiger partial charge is 0.346 e. The lowest BCUT2D eigenvalue weighted by Crippen LogP contribution is -2.45. The number of carbonyl (C=O) groups is 2. The normalized spacial score (nSPS) is 17.0. The van der Waals surface area contributed by atoms with Crippen molar-refractivity contribution in [2.45, 2.75) is 37.6 Å². The molecule has 0 unspecified atom stereocenters. The van der Waals surface area contributed by atoms with E-state index < -0.39 is 27.9 Å². The smallest absolute Gasteiger partial charge is 0.313 e. The quantitative estimate of drug-likeness (QED) is 0.686. The highest BCUT2D eigenvalue weighted by Gasteiger charge is 2.36. The van der Waals surface area contributed by atoms with Crippen molar-refractivity contribution in [3.8, 4) is 0 Å². The number of anilines is 1. The zero-order valence-corrected chi connectivity index (χ0v) is 18.4. The molecule has 9 heteroatoms. The maximum Gasteiger partial charge on any atom is 0.313 e. The molecule has 0 bridgehead atoms. The summed E-state index contributed by atoms with van der Waals surface area (Å²) in [5, 5.41) is 5.46. The number of aryl methyl sites for hydroxylation is 2. The SMILES string of the molecule is Cc1ccc(C)c(S(=O)(=O)N2CCC[C@@H]2CNC(=O)C(=O)Nc2cccc(Cl)c2)c1. The van der Waals surface area contributed by atoms with Crippen LogP contribution >= 0.6 is 11.6 Å². The monoisotopic (exact) mass is 449 g/mol. The number of hydrogen-bond donors (Lipinski definition) is 2. The molecule has 1 saturated heterocycles. The Morgan fingerprint density at radius 3 is 2.63 bits per heavy atom. The summed E-state index contributed by atoms with van der Waals surface area (Å²) < 4.78 is 27.8. The number of halogens is 1. The van der Waals surface area contributed by atoms with Crippen LogP contribution in [0.5, 0.6) is 0 Å². The first kappa shape index (κ1) is 22.3. The van der Waals surface area contributed by atoms with Crippen LogP contribution in [-0.4, -0.2) is 43.7 Å². The Kier molecular flexibility index (Phi) is 6.80. The number of sulfonamides is 1. The van der Waals surface area contributed by atoms with Crippen LogP contribution < -0.4 is 10.6 Å². The van der Waals surface area contributed by atoms with Crippen LogP contribution in [0.1, 0.15) is 24.0 Å². The van der Waals surface area contributed by atoms with Gasteiger partial charge in [-0.15, -0.1) is 0 Å². The van der Waals surface area contributed by atoms with Crippen molar-refractivity contribution in [3.63, 3.8) is 0 Å². The lowest BCUT2D eigenvalue weighted by Gasteiger charge is -2.25. The maximum atomic E-state index is 13.2. The molecule has 2 aromatic rings. The molecule has 0 spiro atoms. The summed E-state index contributed by atoms with van der Waals surface area (Å²) in [5.74, 6) is -1.66. The molecule has 7 nitrogen and oxygen atoms in total. The van der Waals surface area contributed by atoms with Gasteiger partial charge in [-0.25, -0.2) is 8.42 Å². The summed E-state index contributed by atoms with van der Waals surface area (Å²) in [6, 6.07) is 11.4. The van der Waals surface area contributed by atoms with Gasteiger partial charge in [-0.1, -0.05) is 29.8 Å². The van der Waals surface area contributed by atoms with Crippen LogP contribution in [0, 0.1) is 13.8 Å². The third-order valence-electron chi connectivity index (χ3n) is 5.04. The molecule has 0 radical (unpaired) electrons. The molecule has 0 aromatic heterocycles. The summed E-state index contributed by atoms with van der Waals surface area (Å²) in [6.07, 6.45) is 1.31. The van der Waals surface area contributed by atoms with E-state index in [0.29, 0.717) is 35.7 Å². The van der Waals surface area contributed by atoms with Crippen molar-refractivity contribution in [2.24, 2.45) is 0 Å². The van der Waals surface area contributed by atoms with Gasteiger partial charge in [-0.05, 0) is 62.1 Å². The van der Waals surface area contributed by atoms with E-state index in [1.807, 2.05) is 13.0 Å². The van der Waals surface area contributed by atoms with Crippen LogP contribution in [0.25, 0.3) is 0 Å². The second-order valence-electron chi connectivity index (χ2n) is 7.36. The molecule has 0 aliphatic carbocycles. The minimum Gasteiger partial charge on any atom is -0.346 e. The summed E-state index contributed by atoms with van der Waals surface area (Å²) in [7, 11) is -3.70. The average Bonchev–Trinajstić information content (AvgIpc) is 3.17. The average molecular weight is 450 g/mol. The van der Waals surface area contributed by atoms with E-state index in [-0.39, 0.29) is 11.4 Å². The van der Waals surface area contributed by atoms with Crippen molar-refractivity contribution in [1.29, 1.82) is 0 Å². The van der Waals surface area contributed by atoms with Gasteiger partial charge in [0, 0.05) is 29.8 Å². The standard InChI is InChI=1S/C21H24ClN3O4S/c1-14-8-9-15(2)19(11-14)30(28,29)25-10-4-7-18(25)13-23-20(26)21(27)24-17-6-3-5-16(22)12-17/h3,5-6,8-9,11-12,18H,4,7,10,13H2,1-2H3,(H,23,26)(H,24,27)/t18-/m1/s1. The molecule has 2 amide bonds. The third-order valence-corrected chi connectivity index (χ3v) is 7.37. The van der Waals surface area contributed by atoms with Crippen molar-refractivity contribution >= 4 is 39.1 Å². The highest BCUT2D eigenvalue weighted by atomic mass is 35.5. The Bertz CT molecular complexity index is 1070. The molecule has 1 fully saturated rings. The van der Waals surface area contributed by atoms with E-state index >= 15 is 0 Å². The fourth-order valence-electron chi connectivity index (χ4n) is 3.49. The van der Waals surface area contributed by atoms with Gasteiger partial charge in [-0.2, -0.15) is 4.31 Å². The molecule has 1 aliphatic rings. The van der Waals surface area contributed by atoms with E-state index in [0.717, 1.165) is 5.56 Å². The number of amides is 2. The van der Waals surface area contributed by atoms with E-state index in [1.165, 1.54) is 10.4 Å². The van der Waals surface area contributed by atoms with Crippen molar-refractivity contribution in [2.75, 3.05) is 18.4 Å². The summed E-state index contributed by atoms with van der Waals surface area (Å²) in [6.45, 7) is 4.05. The molecule has 30 heavy (non-hydrogen) atoms. The third kappa shape index (κ3) is 5.00. The topological polar surface area (TPSA) is 95.6 Å². The van der Waals surface area contributed by atoms with Crippen molar-refractivity contribution in [1.82, 2.24) is 9.62 Å². The van der Waals surface area contributed by atoms with E-state index in [4.69, 9.17) is 11.6 Å². The molecule has 160 valence electrons. The highest BCUT2D eigenvalue weighted by Crippen LogP contribution is 2.28. The Morgan fingerprint density at radius 2 is 1.90 bits per heavy atom. The summed E-state index contributed by atoms with van der Waals surface area (Å²) in [4.78, 5) is 24.6. The lowest BCUT2D eigenvalue weighted by molar-refractivity contribution is -0.136. The molecular formula is C21H24ClN3O4S. The zero-order chi connectivity index (χ0) is 21.9. The Hall–Kier alpha value is -2.42. The van der Waals surface area contributed by atoms with Crippen molar-refractivity contribution in [3.05, 3.63) is 58.6 Å². The van der Waals surface area contributed by atoms with Gasteiger partial charge in [0.15, 0.2) is 0 Å². The number of benzene rings is 2. The zero-order valence-electron chi connectivity index (χ0n) is 16.8. The molecular weight excluding hydrogens is 426 g/mol. The number of nitrogens with one attached hydrogen (secondary N) is 2. The molecule has 2 aromatic carbocycles. The van der Waals surface area contributed by atoms with E-state index in [1.54, 1.807) is 37.3 Å². The van der Waals surface area contributed by atoms with E-state index in [2.05, 4.69) is 10.6 Å². The van der Waals surface area contributed by atoms with Crippen molar-refractivity contribution < 1.29 is 18.0 Å². The molecule has 1 aliphatic heterocycles. The maximum absolute atomic E-state index is 13.2. The predicted molar refractivity (Wildman–Crippen MR) is 116 cm³/mol. The highest BCUT2D eigenvalue weighted by molar-refractivity contribution is 7.89. The first-order valence-corrected chi connectivity index (χ1v) is 11.4. The van der Waals surface area contributed by atoms with Gasteiger partial charge in [0.2, 0.25) is 10.0 Å². The van der Waals surface area contributed by atoms with Gasteiger partial charge in [0.1, 0.15) is 0 Å². The van der Waals surface area contributed by atoms with Crippen LogP contribution in [-0.2, 0) is 19.6 Å². The fourth-order valence-corrected chi connectivity index (χ4v) is 5.68.